The lowest BCUT2D eigenvalue weighted by Crippen LogP contribution is -2.08. The van der Waals surface area contributed by atoms with Gasteiger partial charge in [0.15, 0.2) is 0 Å². The molecule has 0 saturated carbocycles. The Morgan fingerprint density at radius 3 is 2.93 bits per heavy atom. The first-order chi connectivity index (χ1) is 6.58. The van der Waals surface area contributed by atoms with Gasteiger partial charge >= 0.3 is 0 Å². The van der Waals surface area contributed by atoms with E-state index in [1.807, 2.05) is 0 Å². The predicted octanol–water partition coefficient (Wildman–Crippen LogP) is 2.02. The molecule has 0 spiro atoms. The molecule has 0 saturated heterocycles. The van der Waals surface area contributed by atoms with Crippen molar-refractivity contribution in [2.45, 2.75) is 6.92 Å². The van der Waals surface area contributed by atoms with Crippen LogP contribution in [0, 0.1) is 12.7 Å². The molecule has 0 bridgehead atoms. The highest BCUT2D eigenvalue weighted by atomic mass is 35.5. The summed E-state index contributed by atoms with van der Waals surface area (Å²) in [5.74, 6) is -0.397. The van der Waals surface area contributed by atoms with E-state index in [0.717, 1.165) is 0 Å². The van der Waals surface area contributed by atoms with E-state index in [0.29, 0.717) is 10.9 Å². The van der Waals surface area contributed by atoms with Crippen LogP contribution in [0.2, 0.25) is 5.28 Å². The summed E-state index contributed by atoms with van der Waals surface area (Å²) in [5, 5.41) is 0.305. The van der Waals surface area contributed by atoms with Gasteiger partial charge in [0.05, 0.1) is 10.9 Å². The van der Waals surface area contributed by atoms with Gasteiger partial charge < -0.3 is 0 Å². The van der Waals surface area contributed by atoms with Crippen LogP contribution in [0.5, 0.6) is 0 Å². The van der Waals surface area contributed by atoms with Crippen molar-refractivity contribution in [2.75, 3.05) is 0 Å². The van der Waals surface area contributed by atoms with Gasteiger partial charge in [-0.15, -0.1) is 0 Å². The molecule has 0 aliphatic rings. The van der Waals surface area contributed by atoms with Gasteiger partial charge in [-0.2, -0.15) is 0 Å². The zero-order valence-corrected chi connectivity index (χ0v) is 8.02. The third-order valence-electron chi connectivity index (χ3n) is 1.96. The predicted molar refractivity (Wildman–Crippen MR) is 52.1 cm³/mol. The summed E-state index contributed by atoms with van der Waals surface area (Å²) in [7, 11) is 0. The van der Waals surface area contributed by atoms with Gasteiger partial charge in [0.2, 0.25) is 5.28 Å². The summed E-state index contributed by atoms with van der Waals surface area (Å²) in [4.78, 5) is 17.5. The summed E-state index contributed by atoms with van der Waals surface area (Å²) < 4.78 is 13.1. The van der Waals surface area contributed by atoms with E-state index < -0.39 is 5.82 Å². The summed E-state index contributed by atoms with van der Waals surface area (Å²) in [6, 6.07) is 2.65. The van der Waals surface area contributed by atoms with E-state index in [9.17, 15) is 9.18 Å². The minimum Gasteiger partial charge on any atom is -0.297 e. The van der Waals surface area contributed by atoms with Gasteiger partial charge in [-0.25, -0.2) is 9.37 Å². The molecule has 14 heavy (non-hydrogen) atoms. The zero-order valence-electron chi connectivity index (χ0n) is 7.27. The van der Waals surface area contributed by atoms with Gasteiger partial charge in [-0.05, 0) is 30.2 Å². The van der Waals surface area contributed by atoms with Crippen molar-refractivity contribution in [3.8, 4) is 0 Å². The lowest BCUT2D eigenvalue weighted by molar-refractivity contribution is 0.620. The van der Waals surface area contributed by atoms with Crippen LogP contribution in [0.15, 0.2) is 16.9 Å². The molecule has 1 aromatic carbocycles. The second-order valence-corrected chi connectivity index (χ2v) is 3.33. The van der Waals surface area contributed by atoms with E-state index in [1.165, 1.54) is 12.1 Å². The Morgan fingerprint density at radius 2 is 2.21 bits per heavy atom. The van der Waals surface area contributed by atoms with Crippen molar-refractivity contribution in [1.29, 1.82) is 0 Å². The topological polar surface area (TPSA) is 45.8 Å². The molecule has 0 aliphatic carbocycles. The number of H-pyrrole nitrogens is 1. The molecule has 5 heteroatoms. The Hall–Kier alpha value is -1.42. The van der Waals surface area contributed by atoms with Crippen LogP contribution < -0.4 is 5.56 Å². The lowest BCUT2D eigenvalue weighted by atomic mass is 10.1. The van der Waals surface area contributed by atoms with Crippen LogP contribution in [0.3, 0.4) is 0 Å². The fourth-order valence-electron chi connectivity index (χ4n) is 1.24. The summed E-state index contributed by atoms with van der Waals surface area (Å²) in [5.41, 5.74) is 0.317. The molecule has 2 rings (SSSR count). The molecule has 1 heterocycles. The van der Waals surface area contributed by atoms with Crippen LogP contribution in [-0.4, -0.2) is 9.97 Å². The first-order valence-electron chi connectivity index (χ1n) is 3.93. The highest BCUT2D eigenvalue weighted by molar-refractivity contribution is 6.28. The molecule has 0 fully saturated rings. The highest BCUT2D eigenvalue weighted by Gasteiger charge is 2.06. The average molecular weight is 213 g/mol. The van der Waals surface area contributed by atoms with Gasteiger partial charge in [0, 0.05) is 6.07 Å². The van der Waals surface area contributed by atoms with Crippen LogP contribution in [0.1, 0.15) is 5.56 Å². The maximum Gasteiger partial charge on any atom is 0.259 e. The Kier molecular flexibility index (Phi) is 2.00. The van der Waals surface area contributed by atoms with E-state index in [1.54, 1.807) is 6.92 Å². The van der Waals surface area contributed by atoms with Crippen LogP contribution in [0.4, 0.5) is 4.39 Å². The maximum atomic E-state index is 13.1. The van der Waals surface area contributed by atoms with Crippen molar-refractivity contribution in [2.24, 2.45) is 0 Å². The molecule has 0 unspecified atom stereocenters. The molecule has 0 atom stereocenters. The average Bonchev–Trinajstić information content (AvgIpc) is 2.08. The Labute approximate surface area is 83.5 Å². The fourth-order valence-corrected chi connectivity index (χ4v) is 1.42. The van der Waals surface area contributed by atoms with E-state index in [2.05, 4.69) is 9.97 Å². The largest absolute Gasteiger partial charge is 0.297 e. The molecule has 0 aliphatic heterocycles. The van der Waals surface area contributed by atoms with Crippen molar-refractivity contribution in [3.05, 3.63) is 39.2 Å². The van der Waals surface area contributed by atoms with Crippen molar-refractivity contribution >= 4 is 22.5 Å². The number of nitrogens with one attached hydrogen (secondary N) is 1. The molecule has 0 amide bonds. The second-order valence-electron chi connectivity index (χ2n) is 2.98. The number of benzene rings is 1. The molecule has 72 valence electrons. The van der Waals surface area contributed by atoms with E-state index in [4.69, 9.17) is 11.6 Å². The lowest BCUT2D eigenvalue weighted by Gasteiger charge is -1.99. The number of nitrogens with zero attached hydrogens (tertiary/aromatic N) is 1. The van der Waals surface area contributed by atoms with Crippen LogP contribution >= 0.6 is 11.6 Å². The van der Waals surface area contributed by atoms with Gasteiger partial charge in [-0.1, -0.05) is 0 Å². The Morgan fingerprint density at radius 1 is 1.50 bits per heavy atom. The molecular formula is C9H6ClFN2O. The third kappa shape index (κ3) is 1.37. The SMILES string of the molecule is Cc1cc2c(=O)[nH]c(Cl)nc2cc1F. The fraction of sp³-hybridized carbons (Fsp3) is 0.111. The quantitative estimate of drug-likeness (QED) is 0.679. The van der Waals surface area contributed by atoms with E-state index in [-0.39, 0.29) is 16.4 Å². The molecular weight excluding hydrogens is 207 g/mol. The first kappa shape index (κ1) is 9.15. The molecule has 0 radical (unpaired) electrons. The number of aryl methyl sites for hydroxylation is 1. The number of fused-ring (bicyclic) bond motifs is 1. The second kappa shape index (κ2) is 3.06. The van der Waals surface area contributed by atoms with Crippen LogP contribution in [0.25, 0.3) is 10.9 Å². The van der Waals surface area contributed by atoms with Crippen LogP contribution in [-0.2, 0) is 0 Å². The minimum absolute atomic E-state index is 0.0363. The van der Waals surface area contributed by atoms with Crippen molar-refractivity contribution in [1.82, 2.24) is 9.97 Å². The summed E-state index contributed by atoms with van der Waals surface area (Å²) in [6.07, 6.45) is 0. The number of hydrogen-bond acceptors (Lipinski definition) is 2. The van der Waals surface area contributed by atoms with E-state index >= 15 is 0 Å². The first-order valence-corrected chi connectivity index (χ1v) is 4.31. The summed E-state index contributed by atoms with van der Waals surface area (Å²) >= 11 is 5.53. The number of hydrogen-bond donors (Lipinski definition) is 1. The van der Waals surface area contributed by atoms with Gasteiger partial charge in [-0.3, -0.25) is 9.78 Å². The maximum absolute atomic E-state index is 13.1. The number of aromatic nitrogens is 2. The Bertz CT molecular complexity index is 564. The Balaban J connectivity index is 2.96. The minimum atomic E-state index is -0.397. The molecule has 1 aromatic heterocycles. The smallest absolute Gasteiger partial charge is 0.259 e. The standard InChI is InChI=1S/C9H6ClFN2O/c1-4-2-5-7(3-6(4)11)12-9(10)13-8(5)14/h2-3H,1H3,(H,12,13,14). The number of aromatic amines is 1. The van der Waals surface area contributed by atoms with Crippen molar-refractivity contribution in [3.63, 3.8) is 0 Å². The third-order valence-corrected chi connectivity index (χ3v) is 2.14. The highest BCUT2D eigenvalue weighted by Crippen LogP contribution is 2.14. The monoisotopic (exact) mass is 212 g/mol. The molecule has 1 N–H and O–H groups in total. The zero-order chi connectivity index (χ0) is 10.3. The molecule has 3 nitrogen and oxygen atoms in total. The summed E-state index contributed by atoms with van der Waals surface area (Å²) in [6.45, 7) is 1.59. The van der Waals surface area contributed by atoms with Gasteiger partial charge in [0.1, 0.15) is 5.82 Å². The number of halogens is 2. The normalized spacial score (nSPS) is 10.8. The molecule has 2 aromatic rings. The van der Waals surface area contributed by atoms with Gasteiger partial charge in [0.25, 0.3) is 5.56 Å². The van der Waals surface area contributed by atoms with Crippen molar-refractivity contribution < 1.29 is 4.39 Å². The number of rotatable bonds is 0.